The fourth-order valence-corrected chi connectivity index (χ4v) is 2.37. The number of hydrogen-bond acceptors (Lipinski definition) is 6. The van der Waals surface area contributed by atoms with Crippen LogP contribution in [0.4, 0.5) is 17.1 Å². The first-order chi connectivity index (χ1) is 11.8. The second-order valence-electron chi connectivity index (χ2n) is 5.21. The van der Waals surface area contributed by atoms with Crippen molar-refractivity contribution >= 4 is 34.0 Å². The summed E-state index contributed by atoms with van der Waals surface area (Å²) < 4.78 is 0. The molecule has 0 unspecified atom stereocenters. The van der Waals surface area contributed by atoms with Gasteiger partial charge in [0.2, 0.25) is 5.91 Å². The summed E-state index contributed by atoms with van der Waals surface area (Å²) in [4.78, 5) is 39.3. The van der Waals surface area contributed by atoms with Gasteiger partial charge in [-0.25, -0.2) is 4.98 Å². The van der Waals surface area contributed by atoms with Gasteiger partial charge in [0.05, 0.1) is 20.9 Å². The van der Waals surface area contributed by atoms with E-state index in [1.165, 1.54) is 37.3 Å². The van der Waals surface area contributed by atoms with Crippen LogP contribution in [0.3, 0.4) is 0 Å². The van der Waals surface area contributed by atoms with Crippen molar-refractivity contribution in [3.63, 3.8) is 0 Å². The molecule has 0 bridgehead atoms. The van der Waals surface area contributed by atoms with Crippen molar-refractivity contribution in [2.45, 2.75) is 6.92 Å². The standard InChI is InChI=1S/C15H11N5O5/c1-8(21)16-12-4-2-9(6-14(12)20(24)25)15-17-11-5-3-10(19(22)23)7-13(11)18-15/h2-7H,1H3,(H,16,21)(H,17,18). The topological polar surface area (TPSA) is 144 Å². The summed E-state index contributed by atoms with van der Waals surface area (Å²) in [6.07, 6.45) is 0. The Morgan fingerprint density at radius 2 is 1.88 bits per heavy atom. The molecule has 0 radical (unpaired) electrons. The minimum Gasteiger partial charge on any atom is -0.338 e. The Morgan fingerprint density at radius 1 is 1.12 bits per heavy atom. The molecule has 2 aromatic carbocycles. The number of fused-ring (bicyclic) bond motifs is 1. The lowest BCUT2D eigenvalue weighted by molar-refractivity contribution is -0.384. The number of rotatable bonds is 4. The lowest BCUT2D eigenvalue weighted by atomic mass is 10.1. The zero-order chi connectivity index (χ0) is 18.1. The van der Waals surface area contributed by atoms with Gasteiger partial charge in [0, 0.05) is 30.7 Å². The van der Waals surface area contributed by atoms with Crippen molar-refractivity contribution < 1.29 is 14.6 Å². The van der Waals surface area contributed by atoms with Crippen LogP contribution in [0, 0.1) is 20.2 Å². The van der Waals surface area contributed by atoms with Crippen LogP contribution < -0.4 is 5.32 Å². The molecule has 1 heterocycles. The van der Waals surface area contributed by atoms with E-state index in [9.17, 15) is 25.0 Å². The summed E-state index contributed by atoms with van der Waals surface area (Å²) in [7, 11) is 0. The Labute approximate surface area is 139 Å². The quantitative estimate of drug-likeness (QED) is 0.551. The molecule has 1 aromatic heterocycles. The summed E-state index contributed by atoms with van der Waals surface area (Å²) >= 11 is 0. The highest BCUT2D eigenvalue weighted by Gasteiger charge is 2.18. The van der Waals surface area contributed by atoms with E-state index in [0.29, 0.717) is 22.4 Å². The van der Waals surface area contributed by atoms with E-state index in [1.54, 1.807) is 6.07 Å². The third kappa shape index (κ3) is 3.13. The number of nitro benzene ring substituents is 2. The number of carbonyl (C=O) groups is 1. The molecular formula is C15H11N5O5. The van der Waals surface area contributed by atoms with E-state index in [-0.39, 0.29) is 17.1 Å². The number of aromatic nitrogens is 2. The number of benzene rings is 2. The van der Waals surface area contributed by atoms with Crippen LogP contribution >= 0.6 is 0 Å². The zero-order valence-electron chi connectivity index (χ0n) is 12.8. The predicted octanol–water partition coefficient (Wildman–Crippen LogP) is 3.00. The van der Waals surface area contributed by atoms with Crippen LogP contribution in [0.2, 0.25) is 0 Å². The number of nitrogens with zero attached hydrogens (tertiary/aromatic N) is 3. The first-order valence-electron chi connectivity index (χ1n) is 7.05. The molecule has 3 aromatic rings. The average molecular weight is 341 g/mol. The first-order valence-corrected chi connectivity index (χ1v) is 7.05. The second kappa shape index (κ2) is 6.00. The molecule has 0 saturated heterocycles. The lowest BCUT2D eigenvalue weighted by Gasteiger charge is -2.04. The normalized spacial score (nSPS) is 10.6. The first kappa shape index (κ1) is 16.1. The van der Waals surface area contributed by atoms with E-state index in [1.807, 2.05) is 0 Å². The van der Waals surface area contributed by atoms with E-state index in [2.05, 4.69) is 15.3 Å². The van der Waals surface area contributed by atoms with Crippen LogP contribution in [0.1, 0.15) is 6.92 Å². The molecule has 0 fully saturated rings. The summed E-state index contributed by atoms with van der Waals surface area (Å²) in [6, 6.07) is 8.40. The number of imidazole rings is 1. The molecule has 0 spiro atoms. The van der Waals surface area contributed by atoms with Gasteiger partial charge in [-0.2, -0.15) is 0 Å². The Kier molecular flexibility index (Phi) is 3.85. The molecule has 0 saturated carbocycles. The van der Waals surface area contributed by atoms with Crippen molar-refractivity contribution in [1.82, 2.24) is 9.97 Å². The maximum atomic E-state index is 11.2. The second-order valence-corrected chi connectivity index (χ2v) is 5.21. The number of amides is 1. The van der Waals surface area contributed by atoms with Gasteiger partial charge in [-0.15, -0.1) is 0 Å². The zero-order valence-corrected chi connectivity index (χ0v) is 12.8. The molecule has 0 atom stereocenters. The van der Waals surface area contributed by atoms with Gasteiger partial charge in [-0.3, -0.25) is 25.0 Å². The Morgan fingerprint density at radius 3 is 2.52 bits per heavy atom. The Bertz CT molecular complexity index is 1030. The molecule has 1 amide bonds. The number of aromatic amines is 1. The van der Waals surface area contributed by atoms with E-state index in [4.69, 9.17) is 0 Å². The predicted molar refractivity (Wildman–Crippen MR) is 89.1 cm³/mol. The maximum absolute atomic E-state index is 11.2. The van der Waals surface area contributed by atoms with Crippen molar-refractivity contribution in [3.8, 4) is 11.4 Å². The highest BCUT2D eigenvalue weighted by atomic mass is 16.6. The Balaban J connectivity index is 2.08. The molecule has 25 heavy (non-hydrogen) atoms. The lowest BCUT2D eigenvalue weighted by Crippen LogP contribution is -2.08. The highest BCUT2D eigenvalue weighted by Crippen LogP contribution is 2.31. The van der Waals surface area contributed by atoms with Gasteiger partial charge in [-0.1, -0.05) is 0 Å². The number of nitro groups is 2. The summed E-state index contributed by atoms with van der Waals surface area (Å²) in [5, 5.41) is 24.4. The number of carbonyl (C=O) groups excluding carboxylic acids is 1. The van der Waals surface area contributed by atoms with Crippen LogP contribution in [0.15, 0.2) is 36.4 Å². The Hall–Kier alpha value is -3.82. The van der Waals surface area contributed by atoms with Crippen molar-refractivity contribution in [2.75, 3.05) is 5.32 Å². The van der Waals surface area contributed by atoms with Gasteiger partial charge in [0.1, 0.15) is 11.5 Å². The molecule has 3 rings (SSSR count). The summed E-state index contributed by atoms with van der Waals surface area (Å²) in [5.41, 5.74) is 1.06. The van der Waals surface area contributed by atoms with Crippen LogP contribution in [-0.2, 0) is 4.79 Å². The number of hydrogen-bond donors (Lipinski definition) is 2. The van der Waals surface area contributed by atoms with Crippen molar-refractivity contribution in [2.24, 2.45) is 0 Å². The van der Waals surface area contributed by atoms with Gasteiger partial charge in [0.15, 0.2) is 0 Å². The fraction of sp³-hybridized carbons (Fsp3) is 0.0667. The van der Waals surface area contributed by atoms with Gasteiger partial charge < -0.3 is 10.3 Å². The largest absolute Gasteiger partial charge is 0.338 e. The van der Waals surface area contributed by atoms with Gasteiger partial charge in [0.25, 0.3) is 11.4 Å². The van der Waals surface area contributed by atoms with Crippen LogP contribution in [-0.4, -0.2) is 25.7 Å². The maximum Gasteiger partial charge on any atom is 0.293 e. The molecule has 10 nitrogen and oxygen atoms in total. The number of anilines is 1. The highest BCUT2D eigenvalue weighted by molar-refractivity contribution is 5.92. The van der Waals surface area contributed by atoms with Crippen LogP contribution in [0.25, 0.3) is 22.4 Å². The van der Waals surface area contributed by atoms with Gasteiger partial charge >= 0.3 is 0 Å². The monoisotopic (exact) mass is 341 g/mol. The molecule has 0 aliphatic rings. The molecule has 126 valence electrons. The smallest absolute Gasteiger partial charge is 0.293 e. The summed E-state index contributed by atoms with van der Waals surface area (Å²) in [5.74, 6) is -0.0973. The summed E-state index contributed by atoms with van der Waals surface area (Å²) in [6.45, 7) is 1.25. The minimum absolute atomic E-state index is 0.0769. The number of nitrogens with one attached hydrogen (secondary N) is 2. The fourth-order valence-electron chi connectivity index (χ4n) is 2.37. The SMILES string of the molecule is CC(=O)Nc1ccc(-c2nc3ccc([N+](=O)[O-])cc3[nH]2)cc1[N+](=O)[O-]. The van der Waals surface area contributed by atoms with E-state index in [0.717, 1.165) is 0 Å². The van der Waals surface area contributed by atoms with Crippen molar-refractivity contribution in [1.29, 1.82) is 0 Å². The average Bonchev–Trinajstić information content (AvgIpc) is 2.97. The van der Waals surface area contributed by atoms with E-state index < -0.39 is 15.8 Å². The van der Waals surface area contributed by atoms with Crippen LogP contribution in [0.5, 0.6) is 0 Å². The minimum atomic E-state index is -0.609. The molecular weight excluding hydrogens is 330 g/mol. The third-order valence-electron chi connectivity index (χ3n) is 3.45. The molecule has 0 aliphatic heterocycles. The molecule has 2 N–H and O–H groups in total. The number of non-ortho nitro benzene ring substituents is 1. The van der Waals surface area contributed by atoms with E-state index >= 15 is 0 Å². The third-order valence-corrected chi connectivity index (χ3v) is 3.45. The number of H-pyrrole nitrogens is 1. The van der Waals surface area contributed by atoms with Crippen molar-refractivity contribution in [3.05, 3.63) is 56.6 Å². The molecule has 10 heteroatoms. The van der Waals surface area contributed by atoms with Gasteiger partial charge in [-0.05, 0) is 18.2 Å². The molecule has 0 aliphatic carbocycles.